The summed E-state index contributed by atoms with van der Waals surface area (Å²) in [7, 11) is -3.40. The standard InChI is InChI=1S/C15H18N4O2S/c1-13-11-15(17-12-16-13)18-7-9-19(10-8-18)22(20,21)14-5-3-2-4-6-14/h2-6,11-12H,7-10H2,1H3. The Hall–Kier alpha value is -1.99. The number of hydrogen-bond acceptors (Lipinski definition) is 5. The van der Waals surface area contributed by atoms with Crippen LogP contribution in [0.5, 0.6) is 0 Å². The average Bonchev–Trinajstić information content (AvgIpc) is 2.56. The maximum Gasteiger partial charge on any atom is 0.243 e. The van der Waals surface area contributed by atoms with Gasteiger partial charge in [-0.2, -0.15) is 4.31 Å². The van der Waals surface area contributed by atoms with Crippen LogP contribution in [0.1, 0.15) is 5.69 Å². The van der Waals surface area contributed by atoms with E-state index in [4.69, 9.17) is 0 Å². The molecule has 0 amide bonds. The fourth-order valence-electron chi connectivity index (χ4n) is 2.51. The van der Waals surface area contributed by atoms with Crippen molar-refractivity contribution in [1.82, 2.24) is 14.3 Å². The van der Waals surface area contributed by atoms with E-state index in [1.54, 1.807) is 24.3 Å². The van der Waals surface area contributed by atoms with Crippen LogP contribution in [0, 0.1) is 6.92 Å². The molecule has 0 atom stereocenters. The van der Waals surface area contributed by atoms with Gasteiger partial charge in [-0.25, -0.2) is 18.4 Å². The number of hydrogen-bond donors (Lipinski definition) is 0. The molecule has 2 heterocycles. The van der Waals surface area contributed by atoms with E-state index in [1.165, 1.54) is 10.6 Å². The fourth-order valence-corrected chi connectivity index (χ4v) is 3.96. The van der Waals surface area contributed by atoms with Gasteiger partial charge in [-0.3, -0.25) is 0 Å². The number of benzene rings is 1. The van der Waals surface area contributed by atoms with E-state index in [0.717, 1.165) is 11.5 Å². The molecule has 1 fully saturated rings. The van der Waals surface area contributed by atoms with Crippen molar-refractivity contribution in [3.63, 3.8) is 0 Å². The topological polar surface area (TPSA) is 66.4 Å². The van der Waals surface area contributed by atoms with Crippen LogP contribution in [0.2, 0.25) is 0 Å². The first-order valence-corrected chi connectivity index (χ1v) is 8.60. The summed E-state index contributed by atoms with van der Waals surface area (Å²) in [5.41, 5.74) is 0.907. The highest BCUT2D eigenvalue weighted by Gasteiger charge is 2.28. The average molecular weight is 318 g/mol. The number of sulfonamides is 1. The van der Waals surface area contributed by atoms with Gasteiger partial charge in [0.05, 0.1) is 4.90 Å². The lowest BCUT2D eigenvalue weighted by Gasteiger charge is -2.34. The molecule has 2 aromatic rings. The lowest BCUT2D eigenvalue weighted by atomic mass is 10.3. The van der Waals surface area contributed by atoms with Crippen LogP contribution in [-0.4, -0.2) is 48.9 Å². The van der Waals surface area contributed by atoms with Crippen LogP contribution in [0.25, 0.3) is 0 Å². The minimum Gasteiger partial charge on any atom is -0.354 e. The minimum atomic E-state index is -3.40. The highest BCUT2D eigenvalue weighted by Crippen LogP contribution is 2.19. The normalized spacial score (nSPS) is 16.7. The molecule has 0 bridgehead atoms. The number of aromatic nitrogens is 2. The fraction of sp³-hybridized carbons (Fsp3) is 0.333. The highest BCUT2D eigenvalue weighted by molar-refractivity contribution is 7.89. The van der Waals surface area contributed by atoms with Gasteiger partial charge >= 0.3 is 0 Å². The van der Waals surface area contributed by atoms with Crippen molar-refractivity contribution in [3.8, 4) is 0 Å². The van der Waals surface area contributed by atoms with E-state index in [9.17, 15) is 8.42 Å². The van der Waals surface area contributed by atoms with E-state index in [1.807, 2.05) is 19.1 Å². The molecular formula is C15H18N4O2S. The number of rotatable bonds is 3. The third-order valence-electron chi connectivity index (χ3n) is 3.73. The molecule has 1 aliphatic rings. The molecule has 1 saturated heterocycles. The van der Waals surface area contributed by atoms with Gasteiger partial charge in [0.1, 0.15) is 12.1 Å². The van der Waals surface area contributed by atoms with Crippen molar-refractivity contribution in [1.29, 1.82) is 0 Å². The van der Waals surface area contributed by atoms with Crippen LogP contribution in [0.4, 0.5) is 5.82 Å². The van der Waals surface area contributed by atoms with Crippen molar-refractivity contribution in [3.05, 3.63) is 48.4 Å². The second-order valence-electron chi connectivity index (χ2n) is 5.22. The third-order valence-corrected chi connectivity index (χ3v) is 5.65. The largest absolute Gasteiger partial charge is 0.354 e. The molecule has 22 heavy (non-hydrogen) atoms. The first-order valence-electron chi connectivity index (χ1n) is 7.16. The Morgan fingerprint density at radius 1 is 1.00 bits per heavy atom. The van der Waals surface area contributed by atoms with Gasteiger partial charge in [0, 0.05) is 37.9 Å². The Bertz CT molecular complexity index is 741. The summed E-state index contributed by atoms with van der Waals surface area (Å²) in [5.74, 6) is 0.851. The molecule has 0 spiro atoms. The van der Waals surface area contributed by atoms with E-state index in [2.05, 4.69) is 14.9 Å². The quantitative estimate of drug-likeness (QED) is 0.853. The van der Waals surface area contributed by atoms with E-state index in [-0.39, 0.29) is 0 Å². The van der Waals surface area contributed by atoms with Gasteiger partial charge in [-0.1, -0.05) is 18.2 Å². The molecule has 7 heteroatoms. The summed E-state index contributed by atoms with van der Waals surface area (Å²) in [6.07, 6.45) is 1.54. The predicted octanol–water partition coefficient (Wildman–Crippen LogP) is 1.30. The van der Waals surface area contributed by atoms with E-state index < -0.39 is 10.0 Å². The summed E-state index contributed by atoms with van der Waals surface area (Å²) >= 11 is 0. The predicted molar refractivity (Wildman–Crippen MR) is 84.2 cm³/mol. The van der Waals surface area contributed by atoms with E-state index in [0.29, 0.717) is 31.1 Å². The summed E-state index contributed by atoms with van der Waals surface area (Å²) < 4.78 is 26.7. The van der Waals surface area contributed by atoms with Gasteiger partial charge in [-0.05, 0) is 19.1 Å². The summed E-state index contributed by atoms with van der Waals surface area (Å²) in [5, 5.41) is 0. The van der Waals surface area contributed by atoms with Crippen LogP contribution in [0.15, 0.2) is 47.6 Å². The molecule has 0 N–H and O–H groups in total. The number of piperazine rings is 1. The molecule has 1 aromatic heterocycles. The highest BCUT2D eigenvalue weighted by atomic mass is 32.2. The third kappa shape index (κ3) is 2.95. The maximum absolute atomic E-state index is 12.6. The lowest BCUT2D eigenvalue weighted by Crippen LogP contribution is -2.48. The van der Waals surface area contributed by atoms with Gasteiger partial charge in [0.15, 0.2) is 0 Å². The van der Waals surface area contributed by atoms with Gasteiger partial charge in [0.25, 0.3) is 0 Å². The van der Waals surface area contributed by atoms with Crippen LogP contribution < -0.4 is 4.90 Å². The second-order valence-corrected chi connectivity index (χ2v) is 7.16. The van der Waals surface area contributed by atoms with Crippen molar-refractivity contribution in [2.75, 3.05) is 31.1 Å². The minimum absolute atomic E-state index is 0.348. The Morgan fingerprint density at radius 3 is 2.32 bits per heavy atom. The van der Waals surface area contributed by atoms with Crippen molar-refractivity contribution >= 4 is 15.8 Å². The van der Waals surface area contributed by atoms with Gasteiger partial charge in [-0.15, -0.1) is 0 Å². The first kappa shape index (κ1) is 14.9. The number of anilines is 1. The summed E-state index contributed by atoms with van der Waals surface area (Å²) in [6.45, 7) is 4.09. The maximum atomic E-state index is 12.6. The Labute approximate surface area is 130 Å². The van der Waals surface area contributed by atoms with Gasteiger partial charge < -0.3 is 4.90 Å². The smallest absolute Gasteiger partial charge is 0.243 e. The molecule has 0 unspecified atom stereocenters. The molecule has 1 aliphatic heterocycles. The molecule has 0 saturated carbocycles. The Kier molecular flexibility index (Phi) is 4.08. The van der Waals surface area contributed by atoms with Crippen molar-refractivity contribution in [2.24, 2.45) is 0 Å². The molecule has 116 valence electrons. The summed E-state index contributed by atoms with van der Waals surface area (Å²) in [6, 6.07) is 10.5. The lowest BCUT2D eigenvalue weighted by molar-refractivity contribution is 0.383. The number of nitrogens with zero attached hydrogens (tertiary/aromatic N) is 4. The van der Waals surface area contributed by atoms with Crippen molar-refractivity contribution < 1.29 is 8.42 Å². The molecule has 6 nitrogen and oxygen atoms in total. The van der Waals surface area contributed by atoms with E-state index >= 15 is 0 Å². The Morgan fingerprint density at radius 2 is 1.68 bits per heavy atom. The number of aryl methyl sites for hydroxylation is 1. The van der Waals surface area contributed by atoms with Crippen LogP contribution >= 0.6 is 0 Å². The first-order chi connectivity index (χ1) is 10.6. The second kappa shape index (κ2) is 6.02. The van der Waals surface area contributed by atoms with Crippen LogP contribution in [-0.2, 0) is 10.0 Å². The zero-order chi connectivity index (χ0) is 15.6. The zero-order valence-electron chi connectivity index (χ0n) is 12.4. The molecule has 0 aliphatic carbocycles. The summed E-state index contributed by atoms with van der Waals surface area (Å²) in [4.78, 5) is 10.8. The molecule has 0 radical (unpaired) electrons. The van der Waals surface area contributed by atoms with Crippen molar-refractivity contribution in [2.45, 2.75) is 11.8 Å². The van der Waals surface area contributed by atoms with Crippen LogP contribution in [0.3, 0.4) is 0 Å². The zero-order valence-corrected chi connectivity index (χ0v) is 13.2. The SMILES string of the molecule is Cc1cc(N2CCN(S(=O)(=O)c3ccccc3)CC2)ncn1. The molecule has 3 rings (SSSR count). The molecular weight excluding hydrogens is 300 g/mol. The monoisotopic (exact) mass is 318 g/mol. The molecule has 1 aromatic carbocycles. The Balaban J connectivity index is 1.72. The van der Waals surface area contributed by atoms with Gasteiger partial charge in [0.2, 0.25) is 10.0 Å².